The van der Waals surface area contributed by atoms with Gasteiger partial charge in [0.1, 0.15) is 16.0 Å². The van der Waals surface area contributed by atoms with Crippen LogP contribution in [0.2, 0.25) is 0 Å². The zero-order valence-electron chi connectivity index (χ0n) is 9.68. The van der Waals surface area contributed by atoms with Gasteiger partial charge in [-0.3, -0.25) is 4.79 Å². The van der Waals surface area contributed by atoms with Crippen molar-refractivity contribution in [3.63, 3.8) is 0 Å². The van der Waals surface area contributed by atoms with E-state index in [9.17, 15) is 4.79 Å². The molecule has 17 heavy (non-hydrogen) atoms. The summed E-state index contributed by atoms with van der Waals surface area (Å²) in [6.07, 6.45) is 0.752. The van der Waals surface area contributed by atoms with Crippen LogP contribution in [0.25, 0.3) is 0 Å². The number of carbonyl (C=O) groups is 1. The minimum absolute atomic E-state index is 0.272. The van der Waals surface area contributed by atoms with E-state index in [4.69, 9.17) is 19.6 Å². The first kappa shape index (κ1) is 14.4. The van der Waals surface area contributed by atoms with Crippen LogP contribution in [-0.4, -0.2) is 30.2 Å². The van der Waals surface area contributed by atoms with Gasteiger partial charge in [0.05, 0.1) is 6.61 Å². The lowest BCUT2D eigenvalue weighted by Crippen LogP contribution is -2.39. The SMILES string of the molecule is CCOC(=O)[C@@H](N)[C@H](OCC)c1nc(I)co1. The Labute approximate surface area is 113 Å². The summed E-state index contributed by atoms with van der Waals surface area (Å²) >= 11 is 2.00. The van der Waals surface area contributed by atoms with Gasteiger partial charge in [0.25, 0.3) is 0 Å². The maximum atomic E-state index is 11.5. The molecular formula is C10H15IN2O4. The highest BCUT2D eigenvalue weighted by Crippen LogP contribution is 2.21. The first-order valence-electron chi connectivity index (χ1n) is 5.24. The lowest BCUT2D eigenvalue weighted by molar-refractivity contribution is -0.149. The molecule has 0 aliphatic rings. The Balaban J connectivity index is 2.81. The fraction of sp³-hybridized carbons (Fsp3) is 0.600. The largest absolute Gasteiger partial charge is 0.465 e. The Kier molecular flexibility index (Phi) is 5.86. The molecule has 0 saturated heterocycles. The summed E-state index contributed by atoms with van der Waals surface area (Å²) < 4.78 is 16.1. The van der Waals surface area contributed by atoms with Crippen LogP contribution in [-0.2, 0) is 14.3 Å². The molecule has 0 aliphatic heterocycles. The van der Waals surface area contributed by atoms with E-state index in [0.29, 0.717) is 10.3 Å². The van der Waals surface area contributed by atoms with Crippen LogP contribution in [0.1, 0.15) is 25.8 Å². The predicted octanol–water partition coefficient (Wildman–Crippen LogP) is 1.25. The second-order valence-electron chi connectivity index (χ2n) is 3.16. The van der Waals surface area contributed by atoms with Crippen LogP contribution in [0.4, 0.5) is 0 Å². The van der Waals surface area contributed by atoms with Crippen LogP contribution < -0.4 is 5.73 Å². The van der Waals surface area contributed by atoms with Crippen LogP contribution >= 0.6 is 22.6 Å². The van der Waals surface area contributed by atoms with Gasteiger partial charge in [0, 0.05) is 6.61 Å². The summed E-state index contributed by atoms with van der Waals surface area (Å²) in [5.41, 5.74) is 5.77. The normalized spacial score (nSPS) is 14.4. The Morgan fingerprint density at radius 2 is 2.29 bits per heavy atom. The second kappa shape index (κ2) is 6.92. The molecule has 7 heteroatoms. The molecule has 0 unspecified atom stereocenters. The van der Waals surface area contributed by atoms with Crippen molar-refractivity contribution in [2.24, 2.45) is 5.73 Å². The lowest BCUT2D eigenvalue weighted by atomic mass is 10.1. The van der Waals surface area contributed by atoms with E-state index >= 15 is 0 Å². The number of rotatable bonds is 6. The first-order valence-corrected chi connectivity index (χ1v) is 6.32. The molecule has 96 valence electrons. The molecule has 0 radical (unpaired) electrons. The molecule has 0 aromatic carbocycles. The molecule has 0 fully saturated rings. The molecule has 0 amide bonds. The second-order valence-corrected chi connectivity index (χ2v) is 4.27. The van der Waals surface area contributed by atoms with Crippen molar-refractivity contribution in [2.75, 3.05) is 13.2 Å². The Morgan fingerprint density at radius 1 is 1.59 bits per heavy atom. The Morgan fingerprint density at radius 3 is 2.76 bits per heavy atom. The van der Waals surface area contributed by atoms with Gasteiger partial charge >= 0.3 is 5.97 Å². The van der Waals surface area contributed by atoms with Crippen molar-refractivity contribution in [3.8, 4) is 0 Å². The lowest BCUT2D eigenvalue weighted by Gasteiger charge is -2.19. The molecular weight excluding hydrogens is 339 g/mol. The summed E-state index contributed by atoms with van der Waals surface area (Å²) in [4.78, 5) is 15.6. The van der Waals surface area contributed by atoms with Crippen molar-refractivity contribution in [1.82, 2.24) is 4.98 Å². The van der Waals surface area contributed by atoms with Crippen LogP contribution in [0, 0.1) is 3.70 Å². The van der Waals surface area contributed by atoms with Crippen molar-refractivity contribution < 1.29 is 18.7 Å². The van der Waals surface area contributed by atoms with Crippen molar-refractivity contribution in [2.45, 2.75) is 26.0 Å². The Bertz CT molecular complexity index is 369. The van der Waals surface area contributed by atoms with E-state index in [-0.39, 0.29) is 12.5 Å². The van der Waals surface area contributed by atoms with Crippen molar-refractivity contribution >= 4 is 28.6 Å². The molecule has 1 aromatic heterocycles. The van der Waals surface area contributed by atoms with Crippen LogP contribution in [0.5, 0.6) is 0 Å². The number of ether oxygens (including phenoxy) is 2. The highest BCUT2D eigenvalue weighted by atomic mass is 127. The highest BCUT2D eigenvalue weighted by molar-refractivity contribution is 14.1. The summed E-state index contributed by atoms with van der Waals surface area (Å²) in [6.45, 7) is 4.19. The zero-order chi connectivity index (χ0) is 12.8. The fourth-order valence-corrected chi connectivity index (χ4v) is 1.63. The zero-order valence-corrected chi connectivity index (χ0v) is 11.8. The standard InChI is InChI=1S/C10H15IN2O4/c1-3-15-8(7(12)10(14)16-4-2)9-13-6(11)5-17-9/h5,7-8H,3-4,12H2,1-2H3/t7-,8-/m0/s1. The maximum absolute atomic E-state index is 11.5. The minimum Gasteiger partial charge on any atom is -0.465 e. The average Bonchev–Trinajstić information content (AvgIpc) is 2.72. The molecule has 2 atom stereocenters. The molecule has 0 bridgehead atoms. The third-order valence-electron chi connectivity index (χ3n) is 1.97. The molecule has 0 spiro atoms. The van der Waals surface area contributed by atoms with E-state index < -0.39 is 18.1 Å². The third-order valence-corrected chi connectivity index (χ3v) is 2.46. The van der Waals surface area contributed by atoms with E-state index in [2.05, 4.69) is 4.98 Å². The smallest absolute Gasteiger partial charge is 0.326 e. The number of nitrogens with two attached hydrogens (primary N) is 1. The quantitative estimate of drug-likeness (QED) is 0.611. The number of halogens is 1. The van der Waals surface area contributed by atoms with Gasteiger partial charge in [0.15, 0.2) is 6.10 Å². The van der Waals surface area contributed by atoms with Crippen LogP contribution in [0.3, 0.4) is 0 Å². The number of oxazole rings is 1. The maximum Gasteiger partial charge on any atom is 0.326 e. The highest BCUT2D eigenvalue weighted by Gasteiger charge is 2.31. The minimum atomic E-state index is -0.940. The van der Waals surface area contributed by atoms with Gasteiger partial charge in [-0.25, -0.2) is 4.98 Å². The molecule has 1 aromatic rings. The number of nitrogens with zero attached hydrogens (tertiary/aromatic N) is 1. The third kappa shape index (κ3) is 3.93. The van der Waals surface area contributed by atoms with E-state index in [1.165, 1.54) is 6.26 Å². The van der Waals surface area contributed by atoms with Gasteiger partial charge in [0.2, 0.25) is 5.89 Å². The molecule has 0 saturated carbocycles. The monoisotopic (exact) mass is 354 g/mol. The van der Waals surface area contributed by atoms with Crippen molar-refractivity contribution in [1.29, 1.82) is 0 Å². The molecule has 0 aliphatic carbocycles. The van der Waals surface area contributed by atoms with Crippen LogP contribution in [0.15, 0.2) is 10.7 Å². The van der Waals surface area contributed by atoms with Gasteiger partial charge in [-0.2, -0.15) is 0 Å². The molecule has 2 N–H and O–H groups in total. The molecule has 1 heterocycles. The van der Waals surface area contributed by atoms with Gasteiger partial charge in [-0.05, 0) is 36.4 Å². The van der Waals surface area contributed by atoms with Crippen molar-refractivity contribution in [3.05, 3.63) is 15.9 Å². The van der Waals surface area contributed by atoms with E-state index in [1.807, 2.05) is 22.6 Å². The first-order chi connectivity index (χ1) is 8.10. The fourth-order valence-electron chi connectivity index (χ4n) is 1.27. The molecule has 6 nitrogen and oxygen atoms in total. The summed E-state index contributed by atoms with van der Waals surface area (Å²) in [5.74, 6) is -0.240. The number of esters is 1. The molecule has 1 rings (SSSR count). The predicted molar refractivity (Wildman–Crippen MR) is 68.2 cm³/mol. The Hall–Kier alpha value is -0.670. The topological polar surface area (TPSA) is 87.6 Å². The number of carbonyl (C=O) groups excluding carboxylic acids is 1. The van der Waals surface area contributed by atoms with E-state index in [0.717, 1.165) is 0 Å². The summed E-state index contributed by atoms with van der Waals surface area (Å²) in [5, 5.41) is 0. The summed E-state index contributed by atoms with van der Waals surface area (Å²) in [7, 11) is 0. The van der Waals surface area contributed by atoms with Gasteiger partial charge in [-0.15, -0.1) is 0 Å². The average molecular weight is 354 g/mol. The van der Waals surface area contributed by atoms with E-state index in [1.54, 1.807) is 13.8 Å². The summed E-state index contributed by atoms with van der Waals surface area (Å²) in [6, 6.07) is -0.940. The van der Waals surface area contributed by atoms with Gasteiger partial charge in [-0.1, -0.05) is 0 Å². The number of aromatic nitrogens is 1. The number of hydrogen-bond acceptors (Lipinski definition) is 6. The number of hydrogen-bond donors (Lipinski definition) is 1. The van der Waals surface area contributed by atoms with Gasteiger partial charge < -0.3 is 19.6 Å².